The highest BCUT2D eigenvalue weighted by molar-refractivity contribution is 5.77. The highest BCUT2D eigenvalue weighted by Crippen LogP contribution is 1.97. The first-order chi connectivity index (χ1) is 23.3. The van der Waals surface area contributed by atoms with Crippen molar-refractivity contribution in [2.45, 2.75) is 0 Å². The molecule has 52 heavy (non-hydrogen) atoms. The van der Waals surface area contributed by atoms with E-state index in [1.807, 2.05) is 48.6 Å². The third kappa shape index (κ3) is 80.4. The summed E-state index contributed by atoms with van der Waals surface area (Å²) in [6, 6.07) is 0. The number of carboxylic acids is 3. The Bertz CT molecular complexity index is 859. The molecule has 0 unspecified atom stereocenters. The number of hydrogen-bond donors (Lipinski definition) is 0. The van der Waals surface area contributed by atoms with Crippen molar-refractivity contribution >= 4 is 17.9 Å². The Hall–Kier alpha value is -4.32. The van der Waals surface area contributed by atoms with Gasteiger partial charge in [-0.2, -0.15) is 0 Å². The molecule has 11 heteroatoms. The molecule has 0 bridgehead atoms. The first-order valence-corrected chi connectivity index (χ1v) is 16.0. The van der Waals surface area contributed by atoms with Crippen molar-refractivity contribution in [3.63, 3.8) is 0 Å². The average Bonchev–Trinajstić information content (AvgIpc) is 2.98. The summed E-state index contributed by atoms with van der Waals surface area (Å²) in [6.45, 7) is 46.2. The van der Waals surface area contributed by atoms with Gasteiger partial charge in [-0.15, -0.1) is 0 Å². The molecule has 0 aliphatic carbocycles. The lowest BCUT2D eigenvalue weighted by Crippen LogP contribution is -3.00. The third-order valence-corrected chi connectivity index (χ3v) is 5.49. The predicted molar refractivity (Wildman–Crippen MR) is 215 cm³/mol. The van der Waals surface area contributed by atoms with Crippen LogP contribution in [0.5, 0.6) is 0 Å². The number of likely N-dealkylation sites (N-methyl/N-ethyl adjacent to an activating group) is 4. The molecule has 0 heterocycles. The summed E-state index contributed by atoms with van der Waals surface area (Å²) in [5.74, 6) is -3.69. The average molecular weight is 754 g/mol. The number of carbonyl (C=O) groups excluding carboxylic acids is 3. The minimum absolute atomic E-state index is 0. The number of halogens is 1. The van der Waals surface area contributed by atoms with E-state index in [4.69, 9.17) is 29.7 Å². The molecule has 0 saturated heterocycles. The van der Waals surface area contributed by atoms with Crippen LogP contribution in [0.3, 0.4) is 0 Å². The van der Waals surface area contributed by atoms with Crippen molar-refractivity contribution in [1.82, 2.24) is 0 Å². The Morgan fingerprint density at radius 1 is 0.346 bits per heavy atom. The minimum Gasteiger partial charge on any atom is -1.00 e. The zero-order chi connectivity index (χ0) is 42.2. The predicted octanol–water partition coefficient (Wildman–Crippen LogP) is -0.490. The lowest BCUT2D eigenvalue weighted by atomic mass is 10.4. The van der Waals surface area contributed by atoms with Gasteiger partial charge in [0.2, 0.25) is 0 Å². The Morgan fingerprint density at radius 3 is 0.462 bits per heavy atom. The lowest BCUT2D eigenvalue weighted by molar-refractivity contribution is -0.878. The fourth-order valence-corrected chi connectivity index (χ4v) is 3.09. The van der Waals surface area contributed by atoms with Gasteiger partial charge in [0.25, 0.3) is 0 Å². The summed E-state index contributed by atoms with van der Waals surface area (Å²) in [6.07, 6.45) is 17.6. The van der Waals surface area contributed by atoms with Crippen molar-refractivity contribution in [3.8, 4) is 0 Å². The normalized spacial score (nSPS) is 9.38. The van der Waals surface area contributed by atoms with Gasteiger partial charge >= 0.3 is 0 Å². The van der Waals surface area contributed by atoms with Crippen LogP contribution in [0.1, 0.15) is 0 Å². The van der Waals surface area contributed by atoms with E-state index in [-0.39, 0.29) is 12.4 Å². The topological polar surface area (TPSA) is 120 Å². The van der Waals surface area contributed by atoms with Gasteiger partial charge in [-0.1, -0.05) is 72.4 Å². The molecule has 0 aromatic carbocycles. The molecular weight excluding hydrogens is 680 g/mol. The van der Waals surface area contributed by atoms with E-state index in [0.717, 1.165) is 88.5 Å². The Morgan fingerprint density at radius 2 is 0.423 bits per heavy atom. The molecule has 0 spiro atoms. The zero-order valence-corrected chi connectivity index (χ0v) is 34.7. The molecule has 0 N–H and O–H groups in total. The highest BCUT2D eigenvalue weighted by Gasteiger charge is 2.09. The van der Waals surface area contributed by atoms with Gasteiger partial charge in [-0.05, 0) is 66.8 Å². The molecule has 0 radical (unpaired) electrons. The van der Waals surface area contributed by atoms with Gasteiger partial charge in [-0.25, -0.2) is 0 Å². The van der Waals surface area contributed by atoms with Gasteiger partial charge in [0.1, 0.15) is 0 Å². The molecular formula is C41H73ClN4O6. The second kappa shape index (κ2) is 42.8. The van der Waals surface area contributed by atoms with Gasteiger partial charge in [-0.3, -0.25) is 0 Å². The van der Waals surface area contributed by atoms with Crippen LogP contribution in [0.2, 0.25) is 0 Å². The molecule has 0 aliphatic heterocycles. The number of carbonyl (C=O) groups is 3. The monoisotopic (exact) mass is 753 g/mol. The molecule has 300 valence electrons. The van der Waals surface area contributed by atoms with Gasteiger partial charge in [0.05, 0.1) is 127 Å². The van der Waals surface area contributed by atoms with Crippen LogP contribution < -0.4 is 27.7 Å². The summed E-state index contributed by atoms with van der Waals surface area (Å²) in [5, 5.41) is 27.4. The summed E-state index contributed by atoms with van der Waals surface area (Å²) < 4.78 is 3.81. The highest BCUT2D eigenvalue weighted by atomic mass is 35.5. The van der Waals surface area contributed by atoms with Crippen LogP contribution in [0.25, 0.3) is 0 Å². The van der Waals surface area contributed by atoms with E-state index < -0.39 is 17.9 Å². The van der Waals surface area contributed by atoms with Crippen molar-refractivity contribution in [1.29, 1.82) is 0 Å². The minimum atomic E-state index is -1.23. The van der Waals surface area contributed by atoms with Crippen molar-refractivity contribution < 1.29 is 60.0 Å². The first kappa shape index (κ1) is 66.0. The van der Waals surface area contributed by atoms with Crippen LogP contribution in [0.15, 0.2) is 139 Å². The maximum Gasteiger partial charge on any atom is 0.0969 e. The van der Waals surface area contributed by atoms with Crippen molar-refractivity contribution in [2.75, 3.05) is 109 Å². The summed E-state index contributed by atoms with van der Waals surface area (Å²) in [7, 11) is 17.2. The third-order valence-electron chi connectivity index (χ3n) is 5.49. The molecule has 0 amide bonds. The Balaban J connectivity index is -0.0000000733. The zero-order valence-electron chi connectivity index (χ0n) is 33.9. The van der Waals surface area contributed by atoms with E-state index in [2.05, 4.69) is 129 Å². The fourth-order valence-electron chi connectivity index (χ4n) is 3.09. The SMILES string of the molecule is C=CC(=O)[O-].C=CC(=O)[O-].C=CC(=O)[O-].C=CC[N+](C)(C)CC=C.C=CC[N+](C)(C)CC=C.C=CC[N+](C)(C)CC=C.C=CC[N+](C)(C)CC=C.[Cl-]. The molecule has 0 aromatic rings. The Kier molecular flexibility index (Phi) is 54.4. The number of carboxylic acid groups (broad SMARTS) is 3. The molecule has 0 saturated carbocycles. The van der Waals surface area contributed by atoms with E-state index >= 15 is 0 Å². The number of rotatable bonds is 19. The van der Waals surface area contributed by atoms with E-state index in [1.165, 1.54) is 0 Å². The van der Waals surface area contributed by atoms with E-state index in [1.54, 1.807) is 0 Å². The van der Waals surface area contributed by atoms with Gasteiger partial charge < -0.3 is 60.0 Å². The van der Waals surface area contributed by atoms with Crippen LogP contribution in [0, 0.1) is 0 Å². The standard InChI is InChI=1S/4C8H16N.3C3H4O2.ClH/c4*1-5-7-9(3,4)8-6-2;3*1-2-3(4)5;/h4*5-6H,1-2,7-8H2,3-4H3;3*2H,1H2,(H,4,5);1H/q4*+1;;;;/p-4. The molecule has 0 rings (SSSR count). The van der Waals surface area contributed by atoms with Gasteiger partial charge in [0, 0.05) is 0 Å². The molecule has 0 aliphatic rings. The number of nitrogens with zero attached hydrogens (tertiary/aromatic N) is 4. The van der Waals surface area contributed by atoms with Gasteiger partial charge in [0.15, 0.2) is 0 Å². The van der Waals surface area contributed by atoms with Crippen LogP contribution in [0.4, 0.5) is 0 Å². The largest absolute Gasteiger partial charge is 1.00 e. The smallest absolute Gasteiger partial charge is 0.0969 e. The lowest BCUT2D eigenvalue weighted by Gasteiger charge is -2.26. The van der Waals surface area contributed by atoms with Crippen LogP contribution in [-0.2, 0) is 14.4 Å². The van der Waals surface area contributed by atoms with Crippen molar-refractivity contribution in [2.24, 2.45) is 0 Å². The van der Waals surface area contributed by atoms with E-state index in [9.17, 15) is 0 Å². The summed E-state index contributed by atoms with van der Waals surface area (Å²) in [4.78, 5) is 27.4. The van der Waals surface area contributed by atoms with Crippen LogP contribution in [-0.4, -0.2) is 145 Å². The quantitative estimate of drug-likeness (QED) is 0.0999. The first-order valence-electron chi connectivity index (χ1n) is 16.0. The van der Waals surface area contributed by atoms with E-state index in [0.29, 0.717) is 0 Å². The Labute approximate surface area is 325 Å². The maximum absolute atomic E-state index is 9.14. The second-order valence-electron chi connectivity index (χ2n) is 13.1. The molecule has 0 aromatic heterocycles. The summed E-state index contributed by atoms with van der Waals surface area (Å²) in [5.41, 5.74) is 0. The number of quaternary nitrogens is 4. The fraction of sp³-hybridized carbons (Fsp3) is 0.390. The number of hydrogen-bond acceptors (Lipinski definition) is 6. The molecule has 0 fully saturated rings. The molecule has 10 nitrogen and oxygen atoms in total. The maximum atomic E-state index is 9.14. The number of aliphatic carboxylic acids is 3. The second-order valence-corrected chi connectivity index (χ2v) is 13.1. The van der Waals surface area contributed by atoms with Crippen molar-refractivity contribution in [3.05, 3.63) is 139 Å². The summed E-state index contributed by atoms with van der Waals surface area (Å²) >= 11 is 0. The van der Waals surface area contributed by atoms with Crippen LogP contribution >= 0.6 is 0 Å². The molecule has 0 atom stereocenters.